The van der Waals surface area contributed by atoms with Crippen LogP contribution in [0.25, 0.3) is 17.0 Å². The Balaban J connectivity index is 1.88. The molecule has 0 bridgehead atoms. The third-order valence-electron chi connectivity index (χ3n) is 5.34. The van der Waals surface area contributed by atoms with Gasteiger partial charge < -0.3 is 4.90 Å². The first kappa shape index (κ1) is 17.9. The molecule has 1 aromatic heterocycles. The molecule has 2 heterocycles. The number of rotatable bonds is 4. The number of nitrogens with zero attached hydrogens (tertiary/aromatic N) is 3. The zero-order chi connectivity index (χ0) is 19.0. The van der Waals surface area contributed by atoms with Gasteiger partial charge >= 0.3 is 0 Å². The molecule has 1 aliphatic heterocycles. The van der Waals surface area contributed by atoms with Crippen molar-refractivity contribution in [1.29, 1.82) is 0 Å². The molecule has 0 fully saturated rings. The van der Waals surface area contributed by atoms with Gasteiger partial charge in [-0.05, 0) is 43.7 Å². The van der Waals surface area contributed by atoms with Crippen molar-refractivity contribution in [2.75, 3.05) is 29.9 Å². The van der Waals surface area contributed by atoms with E-state index in [1.54, 1.807) is 0 Å². The Bertz CT molecular complexity index is 1020. The van der Waals surface area contributed by atoms with Crippen LogP contribution < -0.4 is 14.4 Å². The molecular weight excluding hydrogens is 350 g/mol. The average Bonchev–Trinajstić information content (AvgIpc) is 3.02. The lowest BCUT2D eigenvalue weighted by Gasteiger charge is -2.18. The minimum atomic E-state index is 0.999. The largest absolute Gasteiger partial charge is 0.338 e. The Labute approximate surface area is 165 Å². The molecule has 2 aromatic carbocycles. The van der Waals surface area contributed by atoms with Crippen molar-refractivity contribution in [3.63, 3.8) is 0 Å². The summed E-state index contributed by atoms with van der Waals surface area (Å²) in [4.78, 5) is 6.02. The van der Waals surface area contributed by atoms with Gasteiger partial charge in [-0.25, -0.2) is 4.57 Å². The maximum atomic E-state index is 2.41. The molecule has 1 aliphatic rings. The maximum Gasteiger partial charge on any atom is 0.277 e. The number of benzene rings is 2. The summed E-state index contributed by atoms with van der Waals surface area (Å²) in [6.07, 6.45) is 2.33. The molecule has 27 heavy (non-hydrogen) atoms. The number of aryl methyl sites for hydroxylation is 1. The third-order valence-corrected chi connectivity index (χ3v) is 6.51. The van der Waals surface area contributed by atoms with Crippen molar-refractivity contribution in [2.45, 2.75) is 18.7 Å². The molecule has 3 nitrogen and oxygen atoms in total. The van der Waals surface area contributed by atoms with Crippen LogP contribution in [0.5, 0.6) is 0 Å². The van der Waals surface area contributed by atoms with Gasteiger partial charge in [-0.2, -0.15) is 0 Å². The molecule has 0 radical (unpaired) electrons. The van der Waals surface area contributed by atoms with Gasteiger partial charge in [-0.1, -0.05) is 42.1 Å². The second kappa shape index (κ2) is 7.28. The van der Waals surface area contributed by atoms with Gasteiger partial charge in [-0.3, -0.25) is 4.90 Å². The number of anilines is 2. The first-order valence-corrected chi connectivity index (χ1v) is 10.3. The lowest BCUT2D eigenvalue weighted by atomic mass is 10.1. The summed E-state index contributed by atoms with van der Waals surface area (Å²) in [6.45, 7) is 6.43. The molecule has 0 saturated heterocycles. The molecule has 0 amide bonds. The summed E-state index contributed by atoms with van der Waals surface area (Å²) in [5, 5.41) is 2.55. The number of aromatic nitrogens is 1. The highest BCUT2D eigenvalue weighted by molar-refractivity contribution is 8.03. The van der Waals surface area contributed by atoms with Crippen LogP contribution in [0.4, 0.5) is 11.5 Å². The lowest BCUT2D eigenvalue weighted by Crippen LogP contribution is -2.40. The van der Waals surface area contributed by atoms with E-state index in [2.05, 4.69) is 103 Å². The summed E-state index contributed by atoms with van der Waals surface area (Å²) < 4.78 is 2.31. The van der Waals surface area contributed by atoms with Gasteiger partial charge in [0.15, 0.2) is 0 Å². The van der Waals surface area contributed by atoms with Crippen LogP contribution in [0.3, 0.4) is 0 Å². The smallest absolute Gasteiger partial charge is 0.277 e. The maximum absolute atomic E-state index is 2.41. The van der Waals surface area contributed by atoms with E-state index in [1.165, 1.54) is 37.9 Å². The van der Waals surface area contributed by atoms with Gasteiger partial charge in [0, 0.05) is 23.4 Å². The summed E-state index contributed by atoms with van der Waals surface area (Å²) in [6, 6.07) is 19.6. The molecule has 4 heteroatoms. The van der Waals surface area contributed by atoms with Crippen LogP contribution in [-0.2, 0) is 7.05 Å². The molecule has 4 rings (SSSR count). The fourth-order valence-corrected chi connectivity index (χ4v) is 4.90. The van der Waals surface area contributed by atoms with Gasteiger partial charge in [0.2, 0.25) is 0 Å². The van der Waals surface area contributed by atoms with E-state index >= 15 is 0 Å². The van der Waals surface area contributed by atoms with Crippen LogP contribution in [0.1, 0.15) is 19.4 Å². The molecule has 0 aliphatic carbocycles. The summed E-state index contributed by atoms with van der Waals surface area (Å²) in [7, 11) is 4.32. The van der Waals surface area contributed by atoms with Crippen LogP contribution in [-0.4, -0.2) is 20.1 Å². The van der Waals surface area contributed by atoms with Crippen molar-refractivity contribution in [3.05, 3.63) is 65.2 Å². The van der Waals surface area contributed by atoms with Gasteiger partial charge in [0.1, 0.15) is 5.52 Å². The number of fused-ring (bicyclic) bond motifs is 2. The zero-order valence-corrected chi connectivity index (χ0v) is 17.3. The topological polar surface area (TPSA) is 10.4 Å². The lowest BCUT2D eigenvalue weighted by molar-refractivity contribution is -0.632. The van der Waals surface area contributed by atoms with E-state index in [9.17, 15) is 0 Å². The number of pyridine rings is 1. The Morgan fingerprint density at radius 2 is 1.74 bits per heavy atom. The minimum absolute atomic E-state index is 0.999. The predicted molar refractivity (Wildman–Crippen MR) is 117 cm³/mol. The van der Waals surface area contributed by atoms with Crippen molar-refractivity contribution >= 4 is 40.2 Å². The molecular formula is C23H26N3S+. The fourth-order valence-electron chi connectivity index (χ4n) is 3.80. The summed E-state index contributed by atoms with van der Waals surface area (Å²) in [5.74, 6) is 1.26. The molecule has 0 N–H and O–H groups in total. The standard InChI is InChI=1S/C23H26N3S/c1-5-26(6-2)22-15-17(18-11-7-8-12-19(18)24(22)3)16-23-25(4)20-13-9-10-14-21(20)27-23/h7-16H,5-6H2,1-4H3/q+1. The molecule has 0 atom stereocenters. The fraction of sp³-hybridized carbons (Fsp3) is 0.261. The Morgan fingerprint density at radius 3 is 2.48 bits per heavy atom. The van der Waals surface area contributed by atoms with Crippen molar-refractivity contribution < 1.29 is 4.57 Å². The quantitative estimate of drug-likeness (QED) is 0.590. The van der Waals surface area contributed by atoms with Gasteiger partial charge in [-0.15, -0.1) is 0 Å². The van der Waals surface area contributed by atoms with Gasteiger partial charge in [0.05, 0.1) is 30.9 Å². The number of para-hydroxylation sites is 2. The zero-order valence-electron chi connectivity index (χ0n) is 16.4. The molecule has 0 spiro atoms. The SMILES string of the molecule is CCN(CC)c1cc(/C=C2\Sc3ccccc3N2C)c2ccccc2[n+]1C. The first-order chi connectivity index (χ1) is 13.1. The highest BCUT2D eigenvalue weighted by atomic mass is 32.2. The van der Waals surface area contributed by atoms with E-state index in [0.29, 0.717) is 0 Å². The molecule has 138 valence electrons. The van der Waals surface area contributed by atoms with E-state index in [-0.39, 0.29) is 0 Å². The Kier molecular flexibility index (Phi) is 4.83. The van der Waals surface area contributed by atoms with Crippen LogP contribution in [0.2, 0.25) is 0 Å². The van der Waals surface area contributed by atoms with Crippen LogP contribution in [0.15, 0.2) is 64.5 Å². The van der Waals surface area contributed by atoms with E-state index in [1.807, 2.05) is 11.8 Å². The number of hydrogen-bond donors (Lipinski definition) is 0. The summed E-state index contributed by atoms with van der Waals surface area (Å²) in [5.41, 5.74) is 3.81. The second-order valence-electron chi connectivity index (χ2n) is 6.82. The van der Waals surface area contributed by atoms with E-state index in [0.717, 1.165) is 13.1 Å². The summed E-state index contributed by atoms with van der Waals surface area (Å²) >= 11 is 1.84. The van der Waals surface area contributed by atoms with Crippen molar-refractivity contribution in [3.8, 4) is 0 Å². The van der Waals surface area contributed by atoms with E-state index in [4.69, 9.17) is 0 Å². The highest BCUT2D eigenvalue weighted by Crippen LogP contribution is 2.45. The first-order valence-electron chi connectivity index (χ1n) is 9.53. The Hall–Kier alpha value is -2.46. The third kappa shape index (κ3) is 3.08. The number of hydrogen-bond acceptors (Lipinski definition) is 3. The van der Waals surface area contributed by atoms with Crippen LogP contribution >= 0.6 is 11.8 Å². The normalized spacial score (nSPS) is 14.8. The molecule has 0 unspecified atom stereocenters. The minimum Gasteiger partial charge on any atom is -0.338 e. The second-order valence-corrected chi connectivity index (χ2v) is 7.88. The predicted octanol–water partition coefficient (Wildman–Crippen LogP) is 5.05. The highest BCUT2D eigenvalue weighted by Gasteiger charge is 2.23. The average molecular weight is 377 g/mol. The van der Waals surface area contributed by atoms with Gasteiger partial charge in [0.25, 0.3) is 5.82 Å². The molecule has 0 saturated carbocycles. The van der Waals surface area contributed by atoms with Crippen molar-refractivity contribution in [1.82, 2.24) is 0 Å². The monoisotopic (exact) mass is 376 g/mol. The van der Waals surface area contributed by atoms with E-state index < -0.39 is 0 Å². The molecule has 3 aromatic rings. The number of thioether (sulfide) groups is 1. The Morgan fingerprint density at radius 1 is 1.04 bits per heavy atom. The van der Waals surface area contributed by atoms with Crippen molar-refractivity contribution in [2.24, 2.45) is 7.05 Å². The van der Waals surface area contributed by atoms with Crippen LogP contribution in [0, 0.1) is 0 Å².